The van der Waals surface area contributed by atoms with Crippen LogP contribution in [0.1, 0.15) is 48.6 Å². The molecule has 3 aromatic rings. The van der Waals surface area contributed by atoms with E-state index in [2.05, 4.69) is 15.4 Å². The van der Waals surface area contributed by atoms with Crippen LogP contribution >= 0.6 is 0 Å². The predicted octanol–water partition coefficient (Wildman–Crippen LogP) is 2.41. The number of nitrogens with one attached hydrogen (secondary N) is 1. The van der Waals surface area contributed by atoms with Gasteiger partial charge in [-0.3, -0.25) is 9.59 Å². The number of aromatic nitrogens is 4. The van der Waals surface area contributed by atoms with E-state index in [-0.39, 0.29) is 29.4 Å². The zero-order chi connectivity index (χ0) is 24.0. The number of fused-ring (bicyclic) bond motifs is 1. The number of anilines is 3. The first-order valence-corrected chi connectivity index (χ1v) is 11.4. The van der Waals surface area contributed by atoms with Gasteiger partial charge < -0.3 is 25.3 Å². The van der Waals surface area contributed by atoms with Gasteiger partial charge in [0.1, 0.15) is 17.6 Å². The summed E-state index contributed by atoms with van der Waals surface area (Å²) in [6.45, 7) is 0. The van der Waals surface area contributed by atoms with Crippen LogP contribution in [0.25, 0.3) is 5.65 Å². The second-order valence-electron chi connectivity index (χ2n) is 9.01. The van der Waals surface area contributed by atoms with Crippen molar-refractivity contribution in [1.82, 2.24) is 19.2 Å². The standard InChI is InChI=1S/C23H28FN7O3/c1-29(17-10-15(17)24)18-11-20(28-31-19(21(25)32)12-26-22(18)31)27-16-4-3-9-30(23(16)33)13-5-7-14(34-2)8-6-13/h3-4,9,11-15,17H,5-8,10H2,1-2H3,(H2,25,32)(H,27,28)/t13?,14?,15-,17+/m0/s1. The summed E-state index contributed by atoms with van der Waals surface area (Å²) in [6, 6.07) is 5.05. The second kappa shape index (κ2) is 8.71. The summed E-state index contributed by atoms with van der Waals surface area (Å²) in [6.07, 6.45) is 6.44. The molecule has 2 atom stereocenters. The summed E-state index contributed by atoms with van der Waals surface area (Å²) in [7, 11) is 3.49. The molecule has 3 heterocycles. The number of hydrogen-bond acceptors (Lipinski definition) is 7. The summed E-state index contributed by atoms with van der Waals surface area (Å²) in [5.74, 6) is -0.363. The first kappa shape index (κ1) is 22.3. The Bertz CT molecular complexity index is 1280. The molecule has 0 aliphatic heterocycles. The number of methoxy groups -OCH3 is 1. The molecule has 180 valence electrons. The lowest BCUT2D eigenvalue weighted by Crippen LogP contribution is -2.30. The maximum absolute atomic E-state index is 13.8. The Kier molecular flexibility index (Phi) is 5.72. The van der Waals surface area contributed by atoms with E-state index in [4.69, 9.17) is 10.5 Å². The Morgan fingerprint density at radius 1 is 1.32 bits per heavy atom. The molecule has 0 bridgehead atoms. The van der Waals surface area contributed by atoms with E-state index in [0.29, 0.717) is 29.3 Å². The van der Waals surface area contributed by atoms with Gasteiger partial charge in [-0.05, 0) is 37.8 Å². The zero-order valence-corrected chi connectivity index (χ0v) is 19.1. The van der Waals surface area contributed by atoms with Crippen LogP contribution in [0.5, 0.6) is 0 Å². The number of primary amides is 1. The van der Waals surface area contributed by atoms with Gasteiger partial charge >= 0.3 is 0 Å². The Morgan fingerprint density at radius 2 is 2.06 bits per heavy atom. The molecule has 3 aromatic heterocycles. The maximum atomic E-state index is 13.8. The Balaban J connectivity index is 1.50. The SMILES string of the molecule is COC1CCC(n2cccc(Nc3cc(N(C)[C@@H]4C[C@@H]4F)c4ncc(C(N)=O)n4n3)c2=O)CC1. The predicted molar refractivity (Wildman–Crippen MR) is 125 cm³/mol. The molecule has 0 radical (unpaired) electrons. The molecule has 11 heteroatoms. The molecule has 2 fully saturated rings. The van der Waals surface area contributed by atoms with Crippen LogP contribution in [0.3, 0.4) is 0 Å². The van der Waals surface area contributed by atoms with Crippen LogP contribution in [0.4, 0.5) is 21.6 Å². The molecule has 2 aliphatic rings. The molecule has 10 nitrogen and oxygen atoms in total. The summed E-state index contributed by atoms with van der Waals surface area (Å²) in [5.41, 5.74) is 6.77. The van der Waals surface area contributed by atoms with Gasteiger partial charge in [0.05, 0.1) is 24.0 Å². The minimum absolute atomic E-state index is 0.0984. The molecule has 0 saturated heterocycles. The fraction of sp³-hybridized carbons (Fsp3) is 0.478. The molecule has 2 aliphatic carbocycles. The number of hydrogen-bond donors (Lipinski definition) is 2. The van der Waals surface area contributed by atoms with E-state index < -0.39 is 12.1 Å². The Labute approximate surface area is 195 Å². The monoisotopic (exact) mass is 469 g/mol. The smallest absolute Gasteiger partial charge is 0.274 e. The van der Waals surface area contributed by atoms with Gasteiger partial charge in [-0.1, -0.05) is 0 Å². The first-order chi connectivity index (χ1) is 16.4. The normalized spacial score (nSPS) is 24.2. The number of rotatable bonds is 7. The van der Waals surface area contributed by atoms with Crippen LogP contribution in [0.2, 0.25) is 0 Å². The lowest BCUT2D eigenvalue weighted by Gasteiger charge is -2.29. The number of imidazole rings is 1. The minimum atomic E-state index is -0.922. The van der Waals surface area contributed by atoms with E-state index >= 15 is 0 Å². The lowest BCUT2D eigenvalue weighted by atomic mass is 9.92. The summed E-state index contributed by atoms with van der Waals surface area (Å²) >= 11 is 0. The van der Waals surface area contributed by atoms with Crippen molar-refractivity contribution >= 4 is 28.7 Å². The van der Waals surface area contributed by atoms with Crippen LogP contribution in [0, 0.1) is 0 Å². The van der Waals surface area contributed by atoms with Crippen molar-refractivity contribution in [1.29, 1.82) is 0 Å². The van der Waals surface area contributed by atoms with Crippen molar-refractivity contribution in [3.8, 4) is 0 Å². The van der Waals surface area contributed by atoms with Crippen molar-refractivity contribution in [3.63, 3.8) is 0 Å². The van der Waals surface area contributed by atoms with Gasteiger partial charge in [-0.25, -0.2) is 13.9 Å². The molecule has 5 rings (SSSR count). The van der Waals surface area contributed by atoms with Crippen molar-refractivity contribution in [2.45, 2.75) is 56.5 Å². The van der Waals surface area contributed by atoms with Gasteiger partial charge in [0.25, 0.3) is 11.5 Å². The highest BCUT2D eigenvalue weighted by atomic mass is 19.1. The molecule has 0 aromatic carbocycles. The fourth-order valence-electron chi connectivity index (χ4n) is 4.76. The third kappa shape index (κ3) is 4.00. The van der Waals surface area contributed by atoms with E-state index in [1.807, 2.05) is 6.07 Å². The Hall–Kier alpha value is -3.47. The number of carbonyl (C=O) groups excluding carboxylic acids is 1. The molecule has 2 saturated carbocycles. The fourth-order valence-corrected chi connectivity index (χ4v) is 4.76. The van der Waals surface area contributed by atoms with Crippen molar-refractivity contribution in [2.24, 2.45) is 5.73 Å². The average Bonchev–Trinajstić information content (AvgIpc) is 3.41. The summed E-state index contributed by atoms with van der Waals surface area (Å²) in [4.78, 5) is 31.3. The number of ether oxygens (including phenoxy) is 1. The molecule has 3 N–H and O–H groups in total. The molecular weight excluding hydrogens is 441 g/mol. The van der Waals surface area contributed by atoms with Gasteiger partial charge in [0.15, 0.2) is 11.5 Å². The Morgan fingerprint density at radius 3 is 2.71 bits per heavy atom. The van der Waals surface area contributed by atoms with Crippen LogP contribution in [-0.4, -0.2) is 57.5 Å². The molecule has 34 heavy (non-hydrogen) atoms. The number of halogens is 1. The number of carbonyl (C=O) groups is 1. The van der Waals surface area contributed by atoms with Crippen molar-refractivity contribution in [3.05, 3.63) is 46.6 Å². The molecule has 0 spiro atoms. The maximum Gasteiger partial charge on any atom is 0.274 e. The highest BCUT2D eigenvalue weighted by Crippen LogP contribution is 2.36. The van der Waals surface area contributed by atoms with E-state index in [0.717, 1.165) is 25.7 Å². The third-order valence-electron chi connectivity index (χ3n) is 6.87. The number of nitrogens with zero attached hydrogens (tertiary/aromatic N) is 5. The van der Waals surface area contributed by atoms with E-state index in [1.54, 1.807) is 42.0 Å². The number of amides is 1. The van der Waals surface area contributed by atoms with Gasteiger partial charge in [0.2, 0.25) is 0 Å². The topological polar surface area (TPSA) is 120 Å². The highest BCUT2D eigenvalue weighted by molar-refractivity contribution is 5.92. The van der Waals surface area contributed by atoms with Gasteiger partial charge in [0, 0.05) is 38.9 Å². The number of nitrogens with two attached hydrogens (primary N) is 1. The summed E-state index contributed by atoms with van der Waals surface area (Å²) < 4.78 is 22.3. The summed E-state index contributed by atoms with van der Waals surface area (Å²) in [5, 5.41) is 7.55. The quantitative estimate of drug-likeness (QED) is 0.545. The number of alkyl halides is 1. The van der Waals surface area contributed by atoms with Gasteiger partial charge in [-0.2, -0.15) is 0 Å². The van der Waals surface area contributed by atoms with E-state index in [9.17, 15) is 14.0 Å². The van der Waals surface area contributed by atoms with Crippen molar-refractivity contribution < 1.29 is 13.9 Å². The van der Waals surface area contributed by atoms with Crippen molar-refractivity contribution in [2.75, 3.05) is 24.4 Å². The number of pyridine rings is 1. The molecule has 1 amide bonds. The highest BCUT2D eigenvalue weighted by Gasteiger charge is 2.42. The zero-order valence-electron chi connectivity index (χ0n) is 19.1. The van der Waals surface area contributed by atoms with Crippen LogP contribution in [-0.2, 0) is 4.74 Å². The van der Waals surface area contributed by atoms with E-state index in [1.165, 1.54) is 10.7 Å². The molecule has 0 unspecified atom stereocenters. The second-order valence-corrected chi connectivity index (χ2v) is 9.01. The minimum Gasteiger partial charge on any atom is -0.381 e. The average molecular weight is 470 g/mol. The lowest BCUT2D eigenvalue weighted by molar-refractivity contribution is 0.0580. The largest absolute Gasteiger partial charge is 0.381 e. The van der Waals surface area contributed by atoms with Crippen LogP contribution in [0.15, 0.2) is 35.4 Å². The third-order valence-corrected chi connectivity index (χ3v) is 6.87. The molecular formula is C23H28FN7O3. The first-order valence-electron chi connectivity index (χ1n) is 11.4. The van der Waals surface area contributed by atoms with Gasteiger partial charge in [-0.15, -0.1) is 5.10 Å². The van der Waals surface area contributed by atoms with Crippen LogP contribution < -0.4 is 21.5 Å².